The van der Waals surface area contributed by atoms with Crippen molar-refractivity contribution in [3.05, 3.63) is 40.3 Å². The Labute approximate surface area is 115 Å². The van der Waals surface area contributed by atoms with Gasteiger partial charge in [0.25, 0.3) is 0 Å². The number of hydrogen-bond acceptors (Lipinski definition) is 4. The number of ether oxygens (including phenoxy) is 1. The quantitative estimate of drug-likeness (QED) is 0.927. The van der Waals surface area contributed by atoms with Crippen molar-refractivity contribution in [2.75, 3.05) is 19.8 Å². The van der Waals surface area contributed by atoms with Crippen molar-refractivity contribution in [2.45, 2.75) is 12.5 Å². The fraction of sp³-hybridized carbons (Fsp3) is 0.385. The van der Waals surface area contributed by atoms with Gasteiger partial charge in [-0.1, -0.05) is 0 Å². The molecule has 6 heteroatoms. The van der Waals surface area contributed by atoms with Crippen LogP contribution in [-0.2, 0) is 16.0 Å². The lowest BCUT2D eigenvalue weighted by atomic mass is 10.1. The topological polar surface area (TPSA) is 58.2 Å². The lowest BCUT2D eigenvalue weighted by Crippen LogP contribution is -2.44. The summed E-state index contributed by atoms with van der Waals surface area (Å²) in [5.41, 5.74) is 2.00. The molecule has 0 bridgehead atoms. The SMILES string of the molecule is O=C(Cc1ccsc1)N1CCOCC1c1ccn[nH]1. The third-order valence-corrected chi connectivity index (χ3v) is 4.00. The zero-order chi connectivity index (χ0) is 13.1. The van der Waals surface area contributed by atoms with E-state index in [-0.39, 0.29) is 11.9 Å². The zero-order valence-electron chi connectivity index (χ0n) is 10.4. The summed E-state index contributed by atoms with van der Waals surface area (Å²) in [5.74, 6) is 0.140. The molecule has 1 fully saturated rings. The van der Waals surface area contributed by atoms with E-state index in [0.29, 0.717) is 26.2 Å². The number of nitrogens with zero attached hydrogens (tertiary/aromatic N) is 2. The van der Waals surface area contributed by atoms with E-state index in [1.165, 1.54) is 0 Å². The van der Waals surface area contributed by atoms with Gasteiger partial charge in [0.05, 0.1) is 31.4 Å². The van der Waals surface area contributed by atoms with Crippen LogP contribution in [0.5, 0.6) is 0 Å². The monoisotopic (exact) mass is 277 g/mol. The van der Waals surface area contributed by atoms with Crippen LogP contribution in [0.25, 0.3) is 0 Å². The van der Waals surface area contributed by atoms with Gasteiger partial charge in [-0.05, 0) is 28.5 Å². The highest BCUT2D eigenvalue weighted by atomic mass is 32.1. The van der Waals surface area contributed by atoms with E-state index in [9.17, 15) is 4.79 Å². The van der Waals surface area contributed by atoms with Gasteiger partial charge in [-0.25, -0.2) is 0 Å². The van der Waals surface area contributed by atoms with E-state index in [1.54, 1.807) is 17.5 Å². The summed E-state index contributed by atoms with van der Waals surface area (Å²) in [7, 11) is 0. The molecule has 3 rings (SSSR count). The fourth-order valence-electron chi connectivity index (χ4n) is 2.28. The maximum Gasteiger partial charge on any atom is 0.227 e. The zero-order valence-corrected chi connectivity index (χ0v) is 11.2. The Hall–Kier alpha value is -1.66. The van der Waals surface area contributed by atoms with Gasteiger partial charge in [0.15, 0.2) is 0 Å². The van der Waals surface area contributed by atoms with Crippen molar-refractivity contribution in [2.24, 2.45) is 0 Å². The summed E-state index contributed by atoms with van der Waals surface area (Å²) in [5, 5.41) is 10.9. The number of carbonyl (C=O) groups is 1. The molecule has 1 saturated heterocycles. The first-order valence-corrected chi connectivity index (χ1v) is 7.16. The molecule has 1 unspecified atom stereocenters. The molecular formula is C13H15N3O2S. The summed E-state index contributed by atoms with van der Waals surface area (Å²) in [6.45, 7) is 1.75. The summed E-state index contributed by atoms with van der Waals surface area (Å²) < 4.78 is 5.48. The second-order valence-electron chi connectivity index (χ2n) is 4.50. The van der Waals surface area contributed by atoms with E-state index in [1.807, 2.05) is 27.8 Å². The molecule has 19 heavy (non-hydrogen) atoms. The van der Waals surface area contributed by atoms with Crippen LogP contribution in [0.4, 0.5) is 0 Å². The molecule has 1 aliphatic heterocycles. The van der Waals surface area contributed by atoms with Crippen LogP contribution in [0.15, 0.2) is 29.1 Å². The molecule has 3 heterocycles. The van der Waals surface area contributed by atoms with Crippen LogP contribution in [0.3, 0.4) is 0 Å². The van der Waals surface area contributed by atoms with Crippen LogP contribution in [0.2, 0.25) is 0 Å². The van der Waals surface area contributed by atoms with Gasteiger partial charge in [-0.3, -0.25) is 9.89 Å². The number of morpholine rings is 1. The Morgan fingerprint density at radius 3 is 3.26 bits per heavy atom. The average Bonchev–Trinajstić information content (AvgIpc) is 3.11. The smallest absolute Gasteiger partial charge is 0.227 e. The van der Waals surface area contributed by atoms with E-state index in [0.717, 1.165) is 11.3 Å². The number of hydrogen-bond donors (Lipinski definition) is 1. The Bertz CT molecular complexity index is 524. The number of aromatic amines is 1. The number of thiophene rings is 1. The van der Waals surface area contributed by atoms with Crippen molar-refractivity contribution in [1.29, 1.82) is 0 Å². The summed E-state index contributed by atoms with van der Waals surface area (Å²) in [6.07, 6.45) is 2.15. The number of rotatable bonds is 3. The van der Waals surface area contributed by atoms with Crippen molar-refractivity contribution >= 4 is 17.2 Å². The molecule has 1 atom stereocenters. The lowest BCUT2D eigenvalue weighted by Gasteiger charge is -2.35. The third-order valence-electron chi connectivity index (χ3n) is 3.27. The van der Waals surface area contributed by atoms with E-state index in [2.05, 4.69) is 10.2 Å². The van der Waals surface area contributed by atoms with Crippen LogP contribution < -0.4 is 0 Å². The minimum Gasteiger partial charge on any atom is -0.377 e. The van der Waals surface area contributed by atoms with Gasteiger partial charge in [0.1, 0.15) is 0 Å². The highest BCUT2D eigenvalue weighted by Crippen LogP contribution is 2.23. The predicted octanol–water partition coefficient (Wildman–Crippen LogP) is 1.61. The van der Waals surface area contributed by atoms with Gasteiger partial charge < -0.3 is 9.64 Å². The van der Waals surface area contributed by atoms with Gasteiger partial charge in [0, 0.05) is 12.7 Å². The standard InChI is InChI=1S/C13H15N3O2S/c17-13(7-10-2-6-19-9-10)16-4-5-18-8-12(16)11-1-3-14-15-11/h1-3,6,9,12H,4-5,7-8H2,(H,14,15). The molecule has 1 amide bonds. The second kappa shape index (κ2) is 5.54. The summed E-state index contributed by atoms with van der Waals surface area (Å²) in [6, 6.07) is 3.83. The maximum atomic E-state index is 12.4. The number of amides is 1. The lowest BCUT2D eigenvalue weighted by molar-refractivity contribution is -0.139. The largest absolute Gasteiger partial charge is 0.377 e. The molecule has 0 radical (unpaired) electrons. The Kier molecular flexibility index (Phi) is 3.61. The van der Waals surface area contributed by atoms with Gasteiger partial charge in [0.2, 0.25) is 5.91 Å². The molecule has 2 aromatic rings. The molecule has 0 aliphatic carbocycles. The number of aromatic nitrogens is 2. The Morgan fingerprint density at radius 1 is 1.58 bits per heavy atom. The summed E-state index contributed by atoms with van der Waals surface area (Å²) in [4.78, 5) is 14.3. The Morgan fingerprint density at radius 2 is 2.53 bits per heavy atom. The minimum absolute atomic E-state index is 0.0533. The van der Waals surface area contributed by atoms with E-state index in [4.69, 9.17) is 4.74 Å². The number of nitrogens with one attached hydrogen (secondary N) is 1. The van der Waals surface area contributed by atoms with Crippen molar-refractivity contribution in [3.8, 4) is 0 Å². The fourth-order valence-corrected chi connectivity index (χ4v) is 2.95. The first-order chi connectivity index (χ1) is 9.34. The maximum absolute atomic E-state index is 12.4. The minimum atomic E-state index is -0.0533. The highest BCUT2D eigenvalue weighted by Gasteiger charge is 2.29. The molecule has 0 saturated carbocycles. The Balaban J connectivity index is 1.75. The van der Waals surface area contributed by atoms with Crippen LogP contribution in [0, 0.1) is 0 Å². The molecule has 0 spiro atoms. The van der Waals surface area contributed by atoms with Gasteiger partial charge >= 0.3 is 0 Å². The normalized spacial score (nSPS) is 19.6. The number of carbonyl (C=O) groups excluding carboxylic acids is 1. The molecule has 0 aromatic carbocycles. The average molecular weight is 277 g/mol. The van der Waals surface area contributed by atoms with Crippen molar-refractivity contribution in [3.63, 3.8) is 0 Å². The first-order valence-electron chi connectivity index (χ1n) is 6.22. The summed E-state index contributed by atoms with van der Waals surface area (Å²) >= 11 is 1.62. The molecule has 1 aliphatic rings. The van der Waals surface area contributed by atoms with Crippen molar-refractivity contribution < 1.29 is 9.53 Å². The highest BCUT2D eigenvalue weighted by molar-refractivity contribution is 7.07. The molecule has 2 aromatic heterocycles. The first kappa shape index (κ1) is 12.4. The second-order valence-corrected chi connectivity index (χ2v) is 5.28. The third kappa shape index (κ3) is 2.69. The molecule has 5 nitrogen and oxygen atoms in total. The van der Waals surface area contributed by atoms with Gasteiger partial charge in [-0.2, -0.15) is 16.4 Å². The van der Waals surface area contributed by atoms with Crippen LogP contribution in [0.1, 0.15) is 17.3 Å². The van der Waals surface area contributed by atoms with Crippen LogP contribution in [-0.4, -0.2) is 40.8 Å². The van der Waals surface area contributed by atoms with E-state index >= 15 is 0 Å². The van der Waals surface area contributed by atoms with Gasteiger partial charge in [-0.15, -0.1) is 0 Å². The van der Waals surface area contributed by atoms with E-state index < -0.39 is 0 Å². The molecule has 1 N–H and O–H groups in total. The molecule has 100 valence electrons. The molecular weight excluding hydrogens is 262 g/mol. The van der Waals surface area contributed by atoms with Crippen molar-refractivity contribution in [1.82, 2.24) is 15.1 Å². The van der Waals surface area contributed by atoms with Crippen LogP contribution >= 0.6 is 11.3 Å². The number of H-pyrrole nitrogens is 1. The predicted molar refractivity (Wildman–Crippen MR) is 71.9 cm³/mol.